The highest BCUT2D eigenvalue weighted by Crippen LogP contribution is 2.48. The smallest absolute Gasteiger partial charge is 0.368 e. The van der Waals surface area contributed by atoms with Crippen molar-refractivity contribution in [2.75, 3.05) is 6.61 Å². The molecule has 0 spiro atoms. The number of aliphatic hydroxyl groups is 1. The maximum atomic E-state index is 13.0. The van der Waals surface area contributed by atoms with Crippen molar-refractivity contribution in [1.82, 2.24) is 0 Å². The summed E-state index contributed by atoms with van der Waals surface area (Å²) in [7, 11) is 0. The van der Waals surface area contributed by atoms with Crippen LogP contribution in [0.5, 0.6) is 0 Å². The first-order chi connectivity index (χ1) is 7.95. The normalized spacial score (nSPS) is 15.8. The second-order valence-electron chi connectivity index (χ2n) is 3.63. The standard InChI is InChI=1S/C9H13F7O2/c1-2-6(17)18-5-3-4-7(10,8(11,12)13)9(14,15)16/h6,17H,2-5H2,1H3. The maximum Gasteiger partial charge on any atom is 0.431 e. The van der Waals surface area contributed by atoms with E-state index >= 15 is 0 Å². The summed E-state index contributed by atoms with van der Waals surface area (Å²) in [5.41, 5.74) is -5.25. The van der Waals surface area contributed by atoms with Crippen LogP contribution in [-0.4, -0.2) is 36.0 Å². The zero-order chi connectivity index (χ0) is 14.6. The SMILES string of the molecule is CCC(O)OCCCC(F)(C(F)(F)F)C(F)(F)F. The van der Waals surface area contributed by atoms with Gasteiger partial charge in [0.05, 0.1) is 0 Å². The Labute approximate surface area is 98.7 Å². The number of alkyl halides is 7. The van der Waals surface area contributed by atoms with Crippen LogP contribution < -0.4 is 0 Å². The predicted octanol–water partition coefficient (Wildman–Crippen LogP) is 3.34. The first-order valence-corrected chi connectivity index (χ1v) is 5.07. The minimum atomic E-state index is -6.03. The van der Waals surface area contributed by atoms with Crippen LogP contribution in [-0.2, 0) is 4.74 Å². The Balaban J connectivity index is 4.48. The molecule has 1 atom stereocenters. The molecule has 0 bridgehead atoms. The van der Waals surface area contributed by atoms with Crippen LogP contribution in [0.3, 0.4) is 0 Å². The molecule has 0 saturated carbocycles. The number of hydrogen-bond donors (Lipinski definition) is 1. The lowest BCUT2D eigenvalue weighted by Crippen LogP contribution is -2.53. The highest BCUT2D eigenvalue weighted by Gasteiger charge is 2.71. The van der Waals surface area contributed by atoms with Crippen LogP contribution in [0.2, 0.25) is 0 Å². The number of aliphatic hydroxyl groups excluding tert-OH is 1. The third-order valence-corrected chi connectivity index (χ3v) is 2.22. The van der Waals surface area contributed by atoms with E-state index in [-0.39, 0.29) is 6.42 Å². The lowest BCUT2D eigenvalue weighted by atomic mass is 9.98. The molecule has 0 aromatic rings. The minimum absolute atomic E-state index is 0.124. The van der Waals surface area contributed by atoms with Gasteiger partial charge in [-0.25, -0.2) is 4.39 Å². The van der Waals surface area contributed by atoms with Crippen molar-refractivity contribution in [3.05, 3.63) is 0 Å². The molecule has 1 unspecified atom stereocenters. The van der Waals surface area contributed by atoms with Crippen molar-refractivity contribution in [3.8, 4) is 0 Å². The van der Waals surface area contributed by atoms with Gasteiger partial charge in [0.2, 0.25) is 0 Å². The molecule has 0 radical (unpaired) electrons. The van der Waals surface area contributed by atoms with Gasteiger partial charge in [0.1, 0.15) is 0 Å². The summed E-state index contributed by atoms with van der Waals surface area (Å²) in [4.78, 5) is 0. The van der Waals surface area contributed by atoms with E-state index in [1.165, 1.54) is 6.92 Å². The van der Waals surface area contributed by atoms with Gasteiger partial charge in [0.25, 0.3) is 5.67 Å². The van der Waals surface area contributed by atoms with E-state index in [0.717, 1.165) is 0 Å². The van der Waals surface area contributed by atoms with Gasteiger partial charge in [0.15, 0.2) is 6.29 Å². The van der Waals surface area contributed by atoms with Crippen LogP contribution in [0.1, 0.15) is 26.2 Å². The summed E-state index contributed by atoms with van der Waals surface area (Å²) in [5, 5.41) is 8.85. The van der Waals surface area contributed by atoms with Gasteiger partial charge in [-0.2, -0.15) is 26.3 Å². The van der Waals surface area contributed by atoms with Gasteiger partial charge in [-0.15, -0.1) is 0 Å². The summed E-state index contributed by atoms with van der Waals surface area (Å²) in [5.74, 6) is 0. The number of rotatable bonds is 6. The van der Waals surface area contributed by atoms with Crippen molar-refractivity contribution in [2.45, 2.75) is 50.5 Å². The second-order valence-corrected chi connectivity index (χ2v) is 3.63. The van der Waals surface area contributed by atoms with E-state index in [0.29, 0.717) is 0 Å². The quantitative estimate of drug-likeness (QED) is 0.461. The summed E-state index contributed by atoms with van der Waals surface area (Å²) in [6, 6.07) is 0. The topological polar surface area (TPSA) is 29.5 Å². The zero-order valence-corrected chi connectivity index (χ0v) is 9.41. The summed E-state index contributed by atoms with van der Waals surface area (Å²) < 4.78 is 89.9. The molecule has 2 nitrogen and oxygen atoms in total. The molecular weight excluding hydrogens is 273 g/mol. The average Bonchev–Trinajstić information content (AvgIpc) is 2.20. The van der Waals surface area contributed by atoms with Gasteiger partial charge in [-0.05, 0) is 12.8 Å². The average molecular weight is 286 g/mol. The van der Waals surface area contributed by atoms with Gasteiger partial charge >= 0.3 is 12.4 Å². The first-order valence-electron chi connectivity index (χ1n) is 5.07. The summed E-state index contributed by atoms with van der Waals surface area (Å²) in [6.07, 6.45) is -15.8. The molecule has 0 saturated heterocycles. The summed E-state index contributed by atoms with van der Waals surface area (Å²) >= 11 is 0. The molecule has 0 aromatic heterocycles. The minimum Gasteiger partial charge on any atom is -0.368 e. The van der Waals surface area contributed by atoms with Crippen LogP contribution in [0.15, 0.2) is 0 Å². The van der Waals surface area contributed by atoms with E-state index in [4.69, 9.17) is 5.11 Å². The Morgan fingerprint density at radius 1 is 1.00 bits per heavy atom. The second kappa shape index (κ2) is 6.05. The van der Waals surface area contributed by atoms with Crippen molar-refractivity contribution < 1.29 is 40.6 Å². The van der Waals surface area contributed by atoms with Crippen LogP contribution in [0.25, 0.3) is 0 Å². The lowest BCUT2D eigenvalue weighted by molar-refractivity contribution is -0.343. The van der Waals surface area contributed by atoms with E-state index < -0.39 is 43.8 Å². The molecule has 0 amide bonds. The molecule has 0 aliphatic heterocycles. The molecule has 0 rings (SSSR count). The van der Waals surface area contributed by atoms with Crippen LogP contribution >= 0.6 is 0 Å². The molecule has 0 fully saturated rings. The van der Waals surface area contributed by atoms with E-state index in [2.05, 4.69) is 4.74 Å². The summed E-state index contributed by atoms with van der Waals surface area (Å²) in [6.45, 7) is 0.905. The van der Waals surface area contributed by atoms with E-state index in [1.807, 2.05) is 0 Å². The lowest BCUT2D eigenvalue weighted by Gasteiger charge is -2.29. The highest BCUT2D eigenvalue weighted by atomic mass is 19.4. The first kappa shape index (κ1) is 17.4. The Bertz CT molecular complexity index is 234. The van der Waals surface area contributed by atoms with Gasteiger partial charge in [-0.1, -0.05) is 6.92 Å². The monoisotopic (exact) mass is 286 g/mol. The Morgan fingerprint density at radius 2 is 1.44 bits per heavy atom. The van der Waals surface area contributed by atoms with Gasteiger partial charge < -0.3 is 9.84 Å². The number of hydrogen-bond acceptors (Lipinski definition) is 2. The molecule has 0 aliphatic rings. The molecule has 18 heavy (non-hydrogen) atoms. The molecule has 0 aliphatic carbocycles. The highest BCUT2D eigenvalue weighted by molar-refractivity contribution is 4.94. The molecule has 0 heterocycles. The number of halogens is 7. The molecule has 9 heteroatoms. The fraction of sp³-hybridized carbons (Fsp3) is 1.00. The zero-order valence-electron chi connectivity index (χ0n) is 9.41. The van der Waals surface area contributed by atoms with E-state index in [9.17, 15) is 30.7 Å². The van der Waals surface area contributed by atoms with Gasteiger partial charge in [-0.3, -0.25) is 0 Å². The molecule has 0 aromatic carbocycles. The third-order valence-electron chi connectivity index (χ3n) is 2.22. The van der Waals surface area contributed by atoms with Crippen molar-refractivity contribution in [2.24, 2.45) is 0 Å². The van der Waals surface area contributed by atoms with Crippen molar-refractivity contribution >= 4 is 0 Å². The third kappa shape index (κ3) is 4.27. The fourth-order valence-electron chi connectivity index (χ4n) is 1.10. The van der Waals surface area contributed by atoms with Crippen LogP contribution in [0, 0.1) is 0 Å². The Hall–Kier alpha value is -0.570. The van der Waals surface area contributed by atoms with Crippen molar-refractivity contribution in [1.29, 1.82) is 0 Å². The maximum absolute atomic E-state index is 13.0. The number of ether oxygens (including phenoxy) is 1. The molecular formula is C9H13F7O2. The van der Waals surface area contributed by atoms with E-state index in [1.54, 1.807) is 0 Å². The molecule has 1 N–H and O–H groups in total. The largest absolute Gasteiger partial charge is 0.431 e. The fourth-order valence-corrected chi connectivity index (χ4v) is 1.10. The van der Waals surface area contributed by atoms with Crippen LogP contribution in [0.4, 0.5) is 30.7 Å². The van der Waals surface area contributed by atoms with Gasteiger partial charge in [0, 0.05) is 13.0 Å². The van der Waals surface area contributed by atoms with Crippen molar-refractivity contribution in [3.63, 3.8) is 0 Å². The Morgan fingerprint density at radius 3 is 1.78 bits per heavy atom. The predicted molar refractivity (Wildman–Crippen MR) is 47.4 cm³/mol. The molecule has 110 valence electrons. The Kier molecular flexibility index (Phi) is 5.86.